The molecule has 5 rings (SSSR count). The molecule has 4 heterocycles. The molecule has 0 radical (unpaired) electrons. The minimum absolute atomic E-state index is 0.336. The van der Waals surface area contributed by atoms with Crippen molar-refractivity contribution in [3.63, 3.8) is 0 Å². The topological polar surface area (TPSA) is 82.8 Å². The van der Waals surface area contributed by atoms with Crippen molar-refractivity contribution in [1.82, 2.24) is 14.5 Å². The van der Waals surface area contributed by atoms with Gasteiger partial charge in [-0.1, -0.05) is 12.1 Å². The molecular formula is C22H26N6O2S. The molecule has 0 saturated carbocycles. The predicted molar refractivity (Wildman–Crippen MR) is 125 cm³/mol. The maximum Gasteiger partial charge on any atom is 0.257 e. The Hall–Kier alpha value is -3.07. The Morgan fingerprint density at radius 1 is 1.13 bits per heavy atom. The molecule has 1 unspecified atom stereocenters. The first-order valence-electron chi connectivity index (χ1n) is 10.5. The fourth-order valence-corrected chi connectivity index (χ4v) is 5.64. The Kier molecular flexibility index (Phi) is 4.85. The fraction of sp³-hybridized carbons (Fsp3) is 0.364. The van der Waals surface area contributed by atoms with Gasteiger partial charge in [0.1, 0.15) is 5.65 Å². The zero-order valence-corrected chi connectivity index (χ0v) is 18.5. The summed E-state index contributed by atoms with van der Waals surface area (Å²) in [5, 5.41) is -0.0335. The van der Waals surface area contributed by atoms with Crippen LogP contribution in [0.25, 0.3) is 22.2 Å². The van der Waals surface area contributed by atoms with Gasteiger partial charge in [0.2, 0.25) is 0 Å². The van der Waals surface area contributed by atoms with Gasteiger partial charge >= 0.3 is 0 Å². The molecule has 1 fully saturated rings. The number of likely N-dealkylation sites (N-methyl/N-ethyl adjacent to an activating group) is 1. The second kappa shape index (κ2) is 7.56. The predicted octanol–water partition coefficient (Wildman–Crippen LogP) is 2.88. The van der Waals surface area contributed by atoms with Crippen molar-refractivity contribution >= 4 is 38.8 Å². The van der Waals surface area contributed by atoms with Crippen molar-refractivity contribution in [2.75, 3.05) is 36.3 Å². The summed E-state index contributed by atoms with van der Waals surface area (Å²) in [5.41, 5.74) is 4.45. The molecule has 2 aliphatic heterocycles. The SMILES string of the molecule is CN1C=NC(S(=O)(=O)Nc2ccnc3c2c(-c2cccc(N4CCCC4)c2)cn3C)C1. The number of hydrogen-bond acceptors (Lipinski definition) is 6. The lowest BCUT2D eigenvalue weighted by molar-refractivity contribution is 0.531. The van der Waals surface area contributed by atoms with Crippen LogP contribution in [0.5, 0.6) is 0 Å². The number of aryl methyl sites for hydroxylation is 1. The molecule has 1 atom stereocenters. The molecule has 2 aromatic heterocycles. The van der Waals surface area contributed by atoms with E-state index in [-0.39, 0.29) is 0 Å². The normalized spacial score (nSPS) is 19.0. The Balaban J connectivity index is 1.58. The van der Waals surface area contributed by atoms with Crippen LogP contribution in [-0.2, 0) is 17.1 Å². The average Bonchev–Trinajstić information content (AvgIpc) is 3.49. The van der Waals surface area contributed by atoms with E-state index < -0.39 is 15.4 Å². The van der Waals surface area contributed by atoms with E-state index in [0.29, 0.717) is 12.2 Å². The maximum atomic E-state index is 13.0. The number of pyridine rings is 1. The second-order valence-corrected chi connectivity index (χ2v) is 10.1. The summed E-state index contributed by atoms with van der Waals surface area (Å²) >= 11 is 0. The summed E-state index contributed by atoms with van der Waals surface area (Å²) in [4.78, 5) is 12.8. The highest BCUT2D eigenvalue weighted by molar-refractivity contribution is 7.93. The largest absolute Gasteiger partial charge is 0.372 e. The van der Waals surface area contributed by atoms with Gasteiger partial charge in [-0.15, -0.1) is 0 Å². The van der Waals surface area contributed by atoms with Gasteiger partial charge in [0.25, 0.3) is 10.0 Å². The summed E-state index contributed by atoms with van der Waals surface area (Å²) in [7, 11) is 0.0568. The number of benzene rings is 1. The second-order valence-electron chi connectivity index (χ2n) is 8.26. The lowest BCUT2D eigenvalue weighted by Crippen LogP contribution is -2.30. The summed E-state index contributed by atoms with van der Waals surface area (Å²) in [6, 6.07) is 10.2. The van der Waals surface area contributed by atoms with Gasteiger partial charge in [-0.2, -0.15) is 0 Å². The molecule has 1 N–H and O–H groups in total. The Morgan fingerprint density at radius 2 is 1.94 bits per heavy atom. The van der Waals surface area contributed by atoms with E-state index in [9.17, 15) is 8.42 Å². The van der Waals surface area contributed by atoms with E-state index >= 15 is 0 Å². The van der Waals surface area contributed by atoms with Crippen molar-refractivity contribution in [3.05, 3.63) is 42.7 Å². The van der Waals surface area contributed by atoms with Crippen LogP contribution in [0.3, 0.4) is 0 Å². The first-order valence-corrected chi connectivity index (χ1v) is 12.0. The number of fused-ring (bicyclic) bond motifs is 1. The first kappa shape index (κ1) is 19.9. The molecule has 3 aromatic rings. The highest BCUT2D eigenvalue weighted by Crippen LogP contribution is 2.37. The quantitative estimate of drug-likeness (QED) is 0.662. The van der Waals surface area contributed by atoms with Crippen molar-refractivity contribution < 1.29 is 8.42 Å². The standard InChI is InChI=1S/C22H26N6O2S/c1-26-14-20(24-15-26)31(29,30)25-19-8-9-23-22-21(19)18(13-27(22)2)16-6-5-7-17(12-16)28-10-3-4-11-28/h5-9,12-13,15,20H,3-4,10-11,14H2,1-2H3,(H,23,25). The third-order valence-corrected chi connectivity index (χ3v) is 7.46. The fourth-order valence-electron chi connectivity index (χ4n) is 4.38. The smallest absolute Gasteiger partial charge is 0.257 e. The van der Waals surface area contributed by atoms with Crippen molar-refractivity contribution in [2.45, 2.75) is 18.2 Å². The average molecular weight is 439 g/mol. The Labute approximate surface area is 182 Å². The molecule has 1 saturated heterocycles. The van der Waals surface area contributed by atoms with Crippen molar-refractivity contribution in [3.8, 4) is 11.1 Å². The third-order valence-electron chi connectivity index (χ3n) is 5.97. The molecule has 2 aliphatic rings. The van der Waals surface area contributed by atoms with Crippen LogP contribution in [-0.4, -0.2) is 61.3 Å². The van der Waals surface area contributed by atoms with E-state index in [1.807, 2.05) is 24.9 Å². The summed E-state index contributed by atoms with van der Waals surface area (Å²) in [5.74, 6) is 0. The monoisotopic (exact) mass is 438 g/mol. The van der Waals surface area contributed by atoms with Gasteiger partial charge in [-0.05, 0) is 36.6 Å². The number of nitrogens with zero attached hydrogens (tertiary/aromatic N) is 5. The van der Waals surface area contributed by atoms with Crippen molar-refractivity contribution in [1.29, 1.82) is 0 Å². The van der Waals surface area contributed by atoms with Crippen LogP contribution >= 0.6 is 0 Å². The number of rotatable bonds is 5. The van der Waals surface area contributed by atoms with Gasteiger partial charge in [0.05, 0.1) is 24.0 Å². The van der Waals surface area contributed by atoms with Crippen LogP contribution in [0.4, 0.5) is 11.4 Å². The first-order chi connectivity index (χ1) is 14.9. The highest BCUT2D eigenvalue weighted by atomic mass is 32.2. The molecule has 8 nitrogen and oxygen atoms in total. The van der Waals surface area contributed by atoms with Crippen molar-refractivity contribution in [2.24, 2.45) is 12.0 Å². The number of aromatic nitrogens is 2. The minimum atomic E-state index is -3.68. The molecule has 0 aliphatic carbocycles. The number of nitrogens with one attached hydrogen (secondary N) is 1. The zero-order chi connectivity index (χ0) is 21.6. The Morgan fingerprint density at radius 3 is 2.68 bits per heavy atom. The maximum absolute atomic E-state index is 13.0. The minimum Gasteiger partial charge on any atom is -0.372 e. The number of hydrogen-bond donors (Lipinski definition) is 1. The molecule has 31 heavy (non-hydrogen) atoms. The van der Waals surface area contributed by atoms with Crippen LogP contribution < -0.4 is 9.62 Å². The summed E-state index contributed by atoms with van der Waals surface area (Å²) in [6.07, 6.45) is 7.64. The van der Waals surface area contributed by atoms with E-state index in [4.69, 9.17) is 0 Å². The number of anilines is 2. The van der Waals surface area contributed by atoms with Crippen LogP contribution in [0.2, 0.25) is 0 Å². The molecule has 0 bridgehead atoms. The number of aliphatic imine (C=N–C) groups is 1. The van der Waals surface area contributed by atoms with Crippen LogP contribution in [0, 0.1) is 0 Å². The van der Waals surface area contributed by atoms with Gasteiger partial charge in [-0.25, -0.2) is 13.4 Å². The van der Waals surface area contributed by atoms with E-state index in [0.717, 1.165) is 35.2 Å². The van der Waals surface area contributed by atoms with Gasteiger partial charge in [0, 0.05) is 50.8 Å². The van der Waals surface area contributed by atoms with Gasteiger partial charge < -0.3 is 14.4 Å². The molecule has 1 aromatic carbocycles. The molecular weight excluding hydrogens is 412 g/mol. The van der Waals surface area contributed by atoms with Gasteiger partial charge in [0.15, 0.2) is 5.37 Å². The molecule has 0 amide bonds. The summed E-state index contributed by atoms with van der Waals surface area (Å²) in [6.45, 7) is 2.48. The molecule has 0 spiro atoms. The van der Waals surface area contributed by atoms with E-state index in [1.165, 1.54) is 18.5 Å². The summed E-state index contributed by atoms with van der Waals surface area (Å²) < 4.78 is 30.7. The zero-order valence-electron chi connectivity index (χ0n) is 17.7. The third kappa shape index (κ3) is 3.63. The molecule has 9 heteroatoms. The molecule has 162 valence electrons. The Bertz CT molecular complexity index is 1260. The number of sulfonamides is 1. The lowest BCUT2D eigenvalue weighted by atomic mass is 10.0. The van der Waals surface area contributed by atoms with Gasteiger partial charge in [-0.3, -0.25) is 9.71 Å². The lowest BCUT2D eigenvalue weighted by Gasteiger charge is -2.18. The van der Waals surface area contributed by atoms with Crippen LogP contribution in [0.1, 0.15) is 12.8 Å². The van der Waals surface area contributed by atoms with E-state index in [1.54, 1.807) is 23.5 Å². The van der Waals surface area contributed by atoms with Crippen LogP contribution in [0.15, 0.2) is 47.7 Å². The highest BCUT2D eigenvalue weighted by Gasteiger charge is 2.30. The van der Waals surface area contributed by atoms with E-state index in [2.05, 4.69) is 43.9 Å².